The van der Waals surface area contributed by atoms with Crippen LogP contribution < -0.4 is 14.8 Å². The maximum absolute atomic E-state index is 13.7. The van der Waals surface area contributed by atoms with Crippen LogP contribution in [0.15, 0.2) is 47.4 Å². The number of sulfonamides is 1. The highest BCUT2D eigenvalue weighted by atomic mass is 32.2. The van der Waals surface area contributed by atoms with Crippen molar-refractivity contribution in [1.29, 1.82) is 0 Å². The fourth-order valence-corrected chi connectivity index (χ4v) is 4.30. The van der Waals surface area contributed by atoms with Gasteiger partial charge in [-0.15, -0.1) is 0 Å². The Balaban J connectivity index is 2.23. The highest BCUT2D eigenvalue weighted by Gasteiger charge is 2.28. The van der Waals surface area contributed by atoms with E-state index in [2.05, 4.69) is 10.0 Å². The van der Waals surface area contributed by atoms with E-state index in [9.17, 15) is 17.6 Å². The molecule has 0 bridgehead atoms. The fourth-order valence-electron chi connectivity index (χ4n) is 3.09. The van der Waals surface area contributed by atoms with Crippen LogP contribution in [-0.2, 0) is 14.8 Å². The monoisotopic (exact) mass is 436 g/mol. The van der Waals surface area contributed by atoms with Gasteiger partial charge in [-0.25, -0.2) is 12.8 Å². The maximum Gasteiger partial charge on any atom is 0.241 e. The van der Waals surface area contributed by atoms with Gasteiger partial charge in [0.25, 0.3) is 0 Å². The minimum absolute atomic E-state index is 0.0699. The summed E-state index contributed by atoms with van der Waals surface area (Å²) < 4.78 is 47.0. The molecule has 2 aromatic carbocycles. The molecule has 30 heavy (non-hydrogen) atoms. The van der Waals surface area contributed by atoms with Gasteiger partial charge in [-0.1, -0.05) is 31.5 Å². The predicted octanol–water partition coefficient (Wildman–Crippen LogP) is 3.71. The van der Waals surface area contributed by atoms with Gasteiger partial charge in [0.15, 0.2) is 0 Å². The molecule has 0 spiro atoms. The Bertz CT molecular complexity index is 975. The van der Waals surface area contributed by atoms with Crippen molar-refractivity contribution >= 4 is 15.9 Å². The maximum atomic E-state index is 13.7. The number of amides is 1. The quantitative estimate of drug-likeness (QED) is 0.628. The number of carbonyl (C=O) groups excluding carboxylic acids is 1. The molecule has 0 aromatic heterocycles. The van der Waals surface area contributed by atoms with Gasteiger partial charge < -0.3 is 10.1 Å². The molecule has 2 atom stereocenters. The van der Waals surface area contributed by atoms with Crippen LogP contribution in [-0.4, -0.2) is 27.5 Å². The van der Waals surface area contributed by atoms with Crippen LogP contribution in [0.25, 0.3) is 0 Å². The highest BCUT2D eigenvalue weighted by molar-refractivity contribution is 7.89. The zero-order valence-electron chi connectivity index (χ0n) is 17.9. The molecule has 2 N–H and O–H groups in total. The van der Waals surface area contributed by atoms with Crippen molar-refractivity contribution in [2.75, 3.05) is 7.11 Å². The SMILES string of the molecule is COc1ccc(F)cc1C(C)NC(=O)C(CC(C)C)NS(=O)(=O)c1ccc(C)cc1. The van der Waals surface area contributed by atoms with Gasteiger partial charge in [0, 0.05) is 5.56 Å². The molecule has 0 aliphatic rings. The van der Waals surface area contributed by atoms with Crippen LogP contribution in [0.1, 0.15) is 44.4 Å². The minimum atomic E-state index is -3.88. The summed E-state index contributed by atoms with van der Waals surface area (Å²) in [6.45, 7) is 7.36. The van der Waals surface area contributed by atoms with E-state index in [0.717, 1.165) is 5.56 Å². The van der Waals surface area contributed by atoms with E-state index in [1.54, 1.807) is 19.1 Å². The van der Waals surface area contributed by atoms with Gasteiger partial charge in [0.2, 0.25) is 15.9 Å². The standard InChI is InChI=1S/C22H29FN2O4S/c1-14(2)12-20(25-30(27,28)18-9-6-15(3)7-10-18)22(26)24-16(4)19-13-17(23)8-11-21(19)29-5/h6-11,13-14,16,20,25H,12H2,1-5H3,(H,24,26). The van der Waals surface area contributed by atoms with Crippen LogP contribution in [0.3, 0.4) is 0 Å². The van der Waals surface area contributed by atoms with Gasteiger partial charge in [-0.2, -0.15) is 4.72 Å². The number of hydrogen-bond donors (Lipinski definition) is 2. The zero-order chi connectivity index (χ0) is 22.5. The lowest BCUT2D eigenvalue weighted by Crippen LogP contribution is -2.47. The first-order valence-corrected chi connectivity index (χ1v) is 11.2. The van der Waals surface area contributed by atoms with E-state index in [0.29, 0.717) is 17.7 Å². The van der Waals surface area contributed by atoms with E-state index in [-0.39, 0.29) is 10.8 Å². The molecule has 0 saturated carbocycles. The number of carbonyl (C=O) groups is 1. The lowest BCUT2D eigenvalue weighted by atomic mass is 10.0. The van der Waals surface area contributed by atoms with Gasteiger partial charge in [-0.3, -0.25) is 4.79 Å². The number of aryl methyl sites for hydroxylation is 1. The van der Waals surface area contributed by atoms with Crippen LogP contribution in [0.2, 0.25) is 0 Å². The smallest absolute Gasteiger partial charge is 0.241 e. The number of nitrogens with one attached hydrogen (secondary N) is 2. The Morgan fingerprint density at radius 2 is 1.73 bits per heavy atom. The molecule has 0 heterocycles. The van der Waals surface area contributed by atoms with Crippen molar-refractivity contribution in [3.05, 3.63) is 59.4 Å². The second-order valence-corrected chi connectivity index (χ2v) is 9.45. The molecular formula is C22H29FN2O4S. The third-order valence-electron chi connectivity index (χ3n) is 4.67. The molecule has 8 heteroatoms. The normalized spacial score (nSPS) is 13.7. The van der Waals surface area contributed by atoms with Crippen LogP contribution in [0, 0.1) is 18.7 Å². The fraction of sp³-hybridized carbons (Fsp3) is 0.409. The van der Waals surface area contributed by atoms with Crippen LogP contribution >= 0.6 is 0 Å². The summed E-state index contributed by atoms with van der Waals surface area (Å²) in [6.07, 6.45) is 0.309. The first-order chi connectivity index (χ1) is 14.0. The Hall–Kier alpha value is -2.45. The largest absolute Gasteiger partial charge is 0.496 e. The molecule has 0 saturated heterocycles. The van der Waals surface area contributed by atoms with E-state index >= 15 is 0 Å². The number of ether oxygens (including phenoxy) is 1. The molecule has 6 nitrogen and oxygen atoms in total. The topological polar surface area (TPSA) is 84.5 Å². The molecule has 0 aliphatic heterocycles. The van der Waals surface area contributed by atoms with E-state index < -0.39 is 33.8 Å². The number of halogens is 1. The number of rotatable bonds is 9. The number of hydrogen-bond acceptors (Lipinski definition) is 4. The van der Waals surface area contributed by atoms with Crippen LogP contribution in [0.4, 0.5) is 4.39 Å². The lowest BCUT2D eigenvalue weighted by molar-refractivity contribution is -0.123. The molecule has 1 amide bonds. The number of benzene rings is 2. The minimum Gasteiger partial charge on any atom is -0.496 e. The summed E-state index contributed by atoms with van der Waals surface area (Å²) in [5.41, 5.74) is 1.40. The first kappa shape index (κ1) is 23.8. The van der Waals surface area contributed by atoms with E-state index in [1.165, 1.54) is 37.4 Å². The van der Waals surface area contributed by atoms with Crippen molar-refractivity contribution < 1.29 is 22.3 Å². The zero-order valence-corrected chi connectivity index (χ0v) is 18.7. The Kier molecular flexibility index (Phi) is 7.97. The second kappa shape index (κ2) is 10.0. The van der Waals surface area contributed by atoms with Crippen molar-refractivity contribution in [2.24, 2.45) is 5.92 Å². The molecule has 2 unspecified atom stereocenters. The van der Waals surface area contributed by atoms with Crippen molar-refractivity contribution in [1.82, 2.24) is 10.0 Å². The third kappa shape index (κ3) is 6.27. The highest BCUT2D eigenvalue weighted by Crippen LogP contribution is 2.26. The molecule has 0 fully saturated rings. The molecule has 2 aromatic rings. The Labute approximate surface area is 177 Å². The summed E-state index contributed by atoms with van der Waals surface area (Å²) in [5, 5.41) is 2.77. The van der Waals surface area contributed by atoms with Gasteiger partial charge in [0.05, 0.1) is 18.0 Å². The predicted molar refractivity (Wildman–Crippen MR) is 114 cm³/mol. The van der Waals surface area contributed by atoms with Crippen molar-refractivity contribution in [3.8, 4) is 5.75 Å². The third-order valence-corrected chi connectivity index (χ3v) is 6.16. The summed E-state index contributed by atoms with van der Waals surface area (Å²) in [4.78, 5) is 13.0. The Morgan fingerprint density at radius 3 is 2.30 bits per heavy atom. The molecular weight excluding hydrogens is 407 g/mol. The average molecular weight is 437 g/mol. The van der Waals surface area contributed by atoms with E-state index in [1.807, 2.05) is 20.8 Å². The van der Waals surface area contributed by atoms with Crippen molar-refractivity contribution in [3.63, 3.8) is 0 Å². The first-order valence-electron chi connectivity index (χ1n) is 9.76. The Morgan fingerprint density at radius 1 is 1.10 bits per heavy atom. The molecule has 0 aliphatic carbocycles. The average Bonchev–Trinajstić information content (AvgIpc) is 2.67. The summed E-state index contributed by atoms with van der Waals surface area (Å²) in [6, 6.07) is 8.89. The lowest BCUT2D eigenvalue weighted by Gasteiger charge is -2.23. The van der Waals surface area contributed by atoms with Gasteiger partial charge >= 0.3 is 0 Å². The van der Waals surface area contributed by atoms with Gasteiger partial charge in [-0.05, 0) is 56.5 Å². The summed E-state index contributed by atoms with van der Waals surface area (Å²) >= 11 is 0. The molecule has 164 valence electrons. The second-order valence-electron chi connectivity index (χ2n) is 7.73. The van der Waals surface area contributed by atoms with Gasteiger partial charge in [0.1, 0.15) is 17.6 Å². The number of methoxy groups -OCH3 is 1. The summed E-state index contributed by atoms with van der Waals surface area (Å²) in [7, 11) is -2.42. The van der Waals surface area contributed by atoms with Crippen LogP contribution in [0.5, 0.6) is 5.75 Å². The molecule has 0 radical (unpaired) electrons. The summed E-state index contributed by atoms with van der Waals surface area (Å²) in [5.74, 6) is -0.436. The van der Waals surface area contributed by atoms with Crippen molar-refractivity contribution in [2.45, 2.75) is 51.1 Å². The van der Waals surface area contributed by atoms with E-state index in [4.69, 9.17) is 4.74 Å². The molecule has 2 rings (SSSR count).